The molecule has 0 aromatic carbocycles. The molecule has 0 amide bonds. The third-order valence-electron chi connectivity index (χ3n) is 4.60. The summed E-state index contributed by atoms with van der Waals surface area (Å²) in [7, 11) is 2.09. The van der Waals surface area contributed by atoms with Crippen molar-refractivity contribution in [1.29, 1.82) is 0 Å². The summed E-state index contributed by atoms with van der Waals surface area (Å²) in [5.74, 6) is 1.77. The molecule has 0 radical (unpaired) electrons. The van der Waals surface area contributed by atoms with Gasteiger partial charge in [0.05, 0.1) is 12.0 Å². The molecule has 0 bridgehead atoms. The third kappa shape index (κ3) is 3.12. The molecule has 6 heteroatoms. The highest BCUT2D eigenvalue weighted by Crippen LogP contribution is 2.41. The zero-order valence-electron chi connectivity index (χ0n) is 14.7. The van der Waals surface area contributed by atoms with Crippen LogP contribution in [-0.4, -0.2) is 41.8 Å². The first kappa shape index (κ1) is 16.4. The summed E-state index contributed by atoms with van der Waals surface area (Å²) in [6.07, 6.45) is 7.14. The number of ether oxygens (including phenoxy) is 1. The predicted octanol–water partition coefficient (Wildman–Crippen LogP) is 3.71. The fourth-order valence-electron chi connectivity index (χ4n) is 3.33. The maximum Gasteiger partial charge on any atom is 0.164 e. The van der Waals surface area contributed by atoms with Gasteiger partial charge in [0.15, 0.2) is 5.82 Å². The molecule has 130 valence electrons. The summed E-state index contributed by atoms with van der Waals surface area (Å²) in [6, 6.07) is 3.94. The molecule has 3 aromatic rings. The lowest BCUT2D eigenvalue weighted by Crippen LogP contribution is -2.24. The highest BCUT2D eigenvalue weighted by atomic mass is 32.1. The van der Waals surface area contributed by atoms with Crippen LogP contribution in [0.25, 0.3) is 21.6 Å². The van der Waals surface area contributed by atoms with E-state index in [2.05, 4.69) is 16.9 Å². The van der Waals surface area contributed by atoms with Crippen molar-refractivity contribution in [2.24, 2.45) is 0 Å². The molecule has 0 unspecified atom stereocenters. The van der Waals surface area contributed by atoms with Gasteiger partial charge in [-0.25, -0.2) is 9.97 Å². The number of fused-ring (bicyclic) bond motifs is 3. The maximum absolute atomic E-state index is 5.53. The van der Waals surface area contributed by atoms with Gasteiger partial charge in [-0.05, 0) is 43.9 Å². The number of pyridine rings is 1. The molecule has 3 heterocycles. The van der Waals surface area contributed by atoms with E-state index in [1.807, 2.05) is 36.6 Å². The molecule has 0 fully saturated rings. The first-order valence-corrected chi connectivity index (χ1v) is 9.61. The third-order valence-corrected chi connectivity index (χ3v) is 5.79. The van der Waals surface area contributed by atoms with Crippen LogP contribution < -0.4 is 4.90 Å². The van der Waals surface area contributed by atoms with Gasteiger partial charge in [-0.2, -0.15) is 0 Å². The van der Waals surface area contributed by atoms with Gasteiger partial charge in [0.1, 0.15) is 10.6 Å². The summed E-state index contributed by atoms with van der Waals surface area (Å²) in [5, 5.41) is 1.24. The largest absolute Gasteiger partial charge is 0.380 e. The molecular weight excluding hydrogens is 332 g/mol. The van der Waals surface area contributed by atoms with E-state index in [1.54, 1.807) is 6.20 Å². The van der Waals surface area contributed by atoms with E-state index < -0.39 is 0 Å². The van der Waals surface area contributed by atoms with Crippen molar-refractivity contribution in [2.75, 3.05) is 31.7 Å². The standard InChI is InChI=1S/C19H22N4OS/c1-3-24-11-10-23(2)18-16-14-7-4-8-15(14)25-19(16)22-17(21-18)13-6-5-9-20-12-13/h5-6,9,12H,3-4,7-8,10-11H2,1-2H3. The summed E-state index contributed by atoms with van der Waals surface area (Å²) in [6.45, 7) is 4.28. The van der Waals surface area contributed by atoms with Crippen molar-refractivity contribution < 1.29 is 4.74 Å². The molecule has 25 heavy (non-hydrogen) atoms. The zero-order chi connectivity index (χ0) is 17.2. The smallest absolute Gasteiger partial charge is 0.164 e. The fourth-order valence-corrected chi connectivity index (χ4v) is 4.58. The number of thiophene rings is 1. The SMILES string of the molecule is CCOCCN(C)c1nc(-c2cccnc2)nc2sc3c(c12)CCC3. The molecule has 0 spiro atoms. The Hall–Kier alpha value is -2.05. The van der Waals surface area contributed by atoms with Crippen molar-refractivity contribution in [3.8, 4) is 11.4 Å². The summed E-state index contributed by atoms with van der Waals surface area (Å²) < 4.78 is 5.53. The van der Waals surface area contributed by atoms with E-state index in [4.69, 9.17) is 14.7 Å². The highest BCUT2D eigenvalue weighted by molar-refractivity contribution is 7.19. The lowest BCUT2D eigenvalue weighted by Gasteiger charge is -2.20. The lowest BCUT2D eigenvalue weighted by atomic mass is 10.1. The van der Waals surface area contributed by atoms with Gasteiger partial charge in [-0.15, -0.1) is 11.3 Å². The number of nitrogens with zero attached hydrogens (tertiary/aromatic N) is 4. The van der Waals surface area contributed by atoms with E-state index in [0.717, 1.165) is 41.6 Å². The van der Waals surface area contributed by atoms with Gasteiger partial charge in [0.2, 0.25) is 0 Å². The van der Waals surface area contributed by atoms with E-state index >= 15 is 0 Å². The van der Waals surface area contributed by atoms with Crippen LogP contribution >= 0.6 is 11.3 Å². The van der Waals surface area contributed by atoms with Crippen LogP contribution in [0.1, 0.15) is 23.8 Å². The van der Waals surface area contributed by atoms with Crippen LogP contribution in [0.2, 0.25) is 0 Å². The number of hydrogen-bond acceptors (Lipinski definition) is 6. The highest BCUT2D eigenvalue weighted by Gasteiger charge is 2.24. The van der Waals surface area contributed by atoms with Crippen molar-refractivity contribution in [3.05, 3.63) is 35.0 Å². The molecule has 4 rings (SSSR count). The van der Waals surface area contributed by atoms with E-state index in [0.29, 0.717) is 6.61 Å². The Morgan fingerprint density at radius 2 is 2.20 bits per heavy atom. The number of aryl methyl sites for hydroxylation is 2. The molecule has 3 aromatic heterocycles. The number of likely N-dealkylation sites (N-methyl/N-ethyl adjacent to an activating group) is 1. The summed E-state index contributed by atoms with van der Waals surface area (Å²) in [4.78, 5) is 18.8. The molecule has 0 N–H and O–H groups in total. The van der Waals surface area contributed by atoms with Gasteiger partial charge >= 0.3 is 0 Å². The van der Waals surface area contributed by atoms with Crippen LogP contribution in [-0.2, 0) is 17.6 Å². The maximum atomic E-state index is 5.53. The second kappa shape index (κ2) is 7.06. The minimum Gasteiger partial charge on any atom is -0.380 e. The van der Waals surface area contributed by atoms with Crippen molar-refractivity contribution in [1.82, 2.24) is 15.0 Å². The Morgan fingerprint density at radius 1 is 1.28 bits per heavy atom. The predicted molar refractivity (Wildman–Crippen MR) is 102 cm³/mol. The van der Waals surface area contributed by atoms with Gasteiger partial charge < -0.3 is 9.64 Å². The van der Waals surface area contributed by atoms with E-state index in [9.17, 15) is 0 Å². The zero-order valence-corrected chi connectivity index (χ0v) is 15.5. The van der Waals surface area contributed by atoms with Gasteiger partial charge in [-0.3, -0.25) is 4.98 Å². The molecule has 0 saturated heterocycles. The molecule has 0 aliphatic heterocycles. The van der Waals surface area contributed by atoms with E-state index in [1.165, 1.54) is 28.7 Å². The van der Waals surface area contributed by atoms with Crippen molar-refractivity contribution in [3.63, 3.8) is 0 Å². The number of anilines is 1. The Balaban J connectivity index is 1.82. The minimum atomic E-state index is 0.701. The number of rotatable bonds is 6. The number of aromatic nitrogens is 3. The second-order valence-corrected chi connectivity index (χ2v) is 7.35. The minimum absolute atomic E-state index is 0.701. The Bertz CT molecular complexity index is 878. The van der Waals surface area contributed by atoms with Crippen molar-refractivity contribution >= 4 is 27.4 Å². The van der Waals surface area contributed by atoms with Gasteiger partial charge in [0.25, 0.3) is 0 Å². The molecule has 1 aliphatic carbocycles. The first-order chi connectivity index (χ1) is 12.3. The first-order valence-electron chi connectivity index (χ1n) is 8.79. The summed E-state index contributed by atoms with van der Waals surface area (Å²) in [5.41, 5.74) is 2.41. The monoisotopic (exact) mass is 354 g/mol. The molecule has 1 aliphatic rings. The van der Waals surface area contributed by atoms with E-state index in [-0.39, 0.29) is 0 Å². The van der Waals surface area contributed by atoms with Crippen LogP contribution in [0.4, 0.5) is 5.82 Å². The normalized spacial score (nSPS) is 13.4. The Labute approximate surface area is 151 Å². The fraction of sp³-hybridized carbons (Fsp3) is 0.421. The molecular formula is C19H22N4OS. The second-order valence-electron chi connectivity index (χ2n) is 6.27. The van der Waals surface area contributed by atoms with Gasteiger partial charge in [0, 0.05) is 43.0 Å². The van der Waals surface area contributed by atoms with Gasteiger partial charge in [-0.1, -0.05) is 0 Å². The van der Waals surface area contributed by atoms with Crippen molar-refractivity contribution in [2.45, 2.75) is 26.2 Å². The molecule has 5 nitrogen and oxygen atoms in total. The van der Waals surface area contributed by atoms with Crippen LogP contribution in [0.3, 0.4) is 0 Å². The Kier molecular flexibility index (Phi) is 4.63. The van der Waals surface area contributed by atoms with Crippen LogP contribution in [0.5, 0.6) is 0 Å². The molecule has 0 atom stereocenters. The average molecular weight is 354 g/mol. The van der Waals surface area contributed by atoms with Crippen LogP contribution in [0, 0.1) is 0 Å². The summed E-state index contributed by atoms with van der Waals surface area (Å²) >= 11 is 1.83. The Morgan fingerprint density at radius 3 is 3.00 bits per heavy atom. The average Bonchev–Trinajstić information content (AvgIpc) is 3.22. The van der Waals surface area contributed by atoms with Crippen LogP contribution in [0.15, 0.2) is 24.5 Å². The quantitative estimate of drug-likeness (QED) is 0.632. The lowest BCUT2D eigenvalue weighted by molar-refractivity contribution is 0.154. The topological polar surface area (TPSA) is 51.1 Å². The molecule has 0 saturated carbocycles. The number of hydrogen-bond donors (Lipinski definition) is 0.